The molecule has 2 aromatic rings. The molecule has 1 aromatic heterocycles. The van der Waals surface area contributed by atoms with Gasteiger partial charge in [-0.1, -0.05) is 35.9 Å². The molecule has 0 aliphatic carbocycles. The Kier molecular flexibility index (Phi) is 5.16. The van der Waals surface area contributed by atoms with Crippen LogP contribution in [0.1, 0.15) is 16.1 Å². The molecule has 0 saturated heterocycles. The van der Waals surface area contributed by atoms with E-state index in [-0.39, 0.29) is 21.9 Å². The molecule has 0 saturated carbocycles. The zero-order chi connectivity index (χ0) is 10.7. The summed E-state index contributed by atoms with van der Waals surface area (Å²) in [6.45, 7) is 2.10. The largest absolute Gasteiger partial charge is 1.00 e. The van der Waals surface area contributed by atoms with Crippen LogP contribution in [-0.2, 0) is 0 Å². The van der Waals surface area contributed by atoms with Gasteiger partial charge in [0.1, 0.15) is 0 Å². The van der Waals surface area contributed by atoms with Gasteiger partial charge in [-0.3, -0.25) is 0 Å². The lowest BCUT2D eigenvalue weighted by Gasteiger charge is -2.05. The van der Waals surface area contributed by atoms with Gasteiger partial charge in [0.05, 0.1) is 0 Å². The average molecular weight is 343 g/mol. The number of hydrogen-bond donors (Lipinski definition) is 0. The molecular weight excluding hydrogens is 330 g/mol. The van der Waals surface area contributed by atoms with Crippen molar-refractivity contribution in [3.63, 3.8) is 0 Å². The van der Waals surface area contributed by atoms with E-state index in [0.29, 0.717) is 0 Å². The van der Waals surface area contributed by atoms with Gasteiger partial charge in [-0.2, -0.15) is 4.57 Å². The lowest BCUT2D eigenvalue weighted by Crippen LogP contribution is -3.00. The summed E-state index contributed by atoms with van der Waals surface area (Å²) >= 11 is 3.68. The van der Waals surface area contributed by atoms with E-state index in [9.17, 15) is 0 Å². The molecule has 1 aromatic carbocycles. The molecule has 1 nitrogen and oxygen atoms in total. The molecule has 0 aliphatic rings. The number of benzene rings is 1. The van der Waals surface area contributed by atoms with Gasteiger partial charge >= 0.3 is 0 Å². The van der Waals surface area contributed by atoms with Gasteiger partial charge in [0.2, 0.25) is 4.95 Å². The molecule has 0 N–H and O–H groups in total. The summed E-state index contributed by atoms with van der Waals surface area (Å²) in [5.74, 6) is 0. The van der Waals surface area contributed by atoms with Crippen LogP contribution in [0.2, 0.25) is 0 Å². The zero-order valence-electron chi connectivity index (χ0n) is 8.98. The minimum absolute atomic E-state index is 0. The molecule has 16 heavy (non-hydrogen) atoms. The molecule has 0 fully saturated rings. The van der Waals surface area contributed by atoms with Crippen LogP contribution in [0.25, 0.3) is 0 Å². The summed E-state index contributed by atoms with van der Waals surface area (Å²) in [6, 6.07) is 14.6. The van der Waals surface area contributed by atoms with Crippen LogP contribution in [0.5, 0.6) is 0 Å². The summed E-state index contributed by atoms with van der Waals surface area (Å²) in [7, 11) is 0. The third-order valence-electron chi connectivity index (χ3n) is 2.35. The summed E-state index contributed by atoms with van der Waals surface area (Å²) in [5, 5.41) is 0. The molecule has 0 spiro atoms. The first-order valence-electron chi connectivity index (χ1n) is 4.94. The van der Waals surface area contributed by atoms with Gasteiger partial charge in [0.25, 0.3) is 0 Å². The lowest BCUT2D eigenvalue weighted by molar-refractivity contribution is -0.689. The SMILES string of the molecule is Cc1ccc(C(Br)[n+]2ccccc2)cc1.[Br-]. The first-order chi connectivity index (χ1) is 7.27. The number of aromatic nitrogens is 1. The Balaban J connectivity index is 0.00000128. The zero-order valence-corrected chi connectivity index (χ0v) is 12.1. The first-order valence-corrected chi connectivity index (χ1v) is 5.85. The Morgan fingerprint density at radius 3 is 2.12 bits per heavy atom. The fraction of sp³-hybridized carbons (Fsp3) is 0.154. The highest BCUT2D eigenvalue weighted by Gasteiger charge is 2.15. The van der Waals surface area contributed by atoms with Crippen LogP contribution in [0, 0.1) is 6.92 Å². The standard InChI is InChI=1S/C13H13BrN.BrH/c1-11-5-7-12(8-6-11)13(14)15-9-3-2-4-10-15;/h2-10,13H,1H3;1H/q+1;/p-1. The fourth-order valence-electron chi connectivity index (χ4n) is 1.46. The highest BCUT2D eigenvalue weighted by Crippen LogP contribution is 2.18. The van der Waals surface area contributed by atoms with E-state index in [1.807, 2.05) is 18.2 Å². The fourth-order valence-corrected chi connectivity index (χ4v) is 2.04. The van der Waals surface area contributed by atoms with Gasteiger partial charge in [-0.15, -0.1) is 0 Å². The number of nitrogens with zero attached hydrogens (tertiary/aromatic N) is 1. The maximum atomic E-state index is 3.68. The third kappa shape index (κ3) is 3.16. The van der Waals surface area contributed by atoms with E-state index in [0.717, 1.165) is 0 Å². The van der Waals surface area contributed by atoms with E-state index in [4.69, 9.17) is 0 Å². The van der Waals surface area contributed by atoms with Crippen LogP contribution >= 0.6 is 15.9 Å². The number of alkyl halides is 1. The van der Waals surface area contributed by atoms with Crippen molar-refractivity contribution < 1.29 is 21.5 Å². The monoisotopic (exact) mass is 341 g/mol. The first kappa shape index (κ1) is 13.4. The van der Waals surface area contributed by atoms with E-state index in [1.54, 1.807) is 0 Å². The smallest absolute Gasteiger partial charge is 0.237 e. The number of hydrogen-bond acceptors (Lipinski definition) is 0. The van der Waals surface area contributed by atoms with Gasteiger partial charge in [0.15, 0.2) is 12.4 Å². The molecule has 3 heteroatoms. The number of pyridine rings is 1. The van der Waals surface area contributed by atoms with Crippen molar-refractivity contribution in [2.24, 2.45) is 0 Å². The summed E-state index contributed by atoms with van der Waals surface area (Å²) in [5.41, 5.74) is 2.55. The molecule has 0 amide bonds. The van der Waals surface area contributed by atoms with Crippen molar-refractivity contribution in [1.29, 1.82) is 0 Å². The Hall–Kier alpha value is -0.670. The minimum atomic E-state index is 0. The Morgan fingerprint density at radius 2 is 1.56 bits per heavy atom. The molecule has 0 bridgehead atoms. The highest BCUT2D eigenvalue weighted by molar-refractivity contribution is 9.09. The molecule has 1 unspecified atom stereocenters. The third-order valence-corrected chi connectivity index (χ3v) is 3.35. The average Bonchev–Trinajstić information content (AvgIpc) is 2.30. The van der Waals surface area contributed by atoms with Crippen molar-refractivity contribution in [2.45, 2.75) is 11.9 Å². The van der Waals surface area contributed by atoms with E-state index < -0.39 is 0 Å². The van der Waals surface area contributed by atoms with Crippen LogP contribution < -0.4 is 21.5 Å². The van der Waals surface area contributed by atoms with Gasteiger partial charge in [-0.05, 0) is 22.9 Å². The summed E-state index contributed by atoms with van der Waals surface area (Å²) in [4.78, 5) is 0.208. The van der Waals surface area contributed by atoms with Crippen LogP contribution in [0.3, 0.4) is 0 Å². The number of rotatable bonds is 2. The summed E-state index contributed by atoms with van der Waals surface area (Å²) in [6.07, 6.45) is 4.11. The van der Waals surface area contributed by atoms with Crippen molar-refractivity contribution in [3.05, 3.63) is 66.0 Å². The molecule has 1 atom stereocenters. The molecular formula is C13H13Br2N. The second kappa shape index (κ2) is 6.16. The van der Waals surface area contributed by atoms with Crippen molar-refractivity contribution in [1.82, 2.24) is 0 Å². The Morgan fingerprint density at radius 1 is 1.00 bits per heavy atom. The Labute approximate surface area is 115 Å². The maximum Gasteiger partial charge on any atom is 0.237 e. The number of halogens is 2. The van der Waals surface area contributed by atoms with Gasteiger partial charge in [0, 0.05) is 17.7 Å². The van der Waals surface area contributed by atoms with E-state index in [2.05, 4.69) is 64.1 Å². The second-order valence-corrected chi connectivity index (χ2v) is 4.44. The molecule has 0 aliphatic heterocycles. The number of aryl methyl sites for hydroxylation is 1. The van der Waals surface area contributed by atoms with Crippen molar-refractivity contribution in [3.8, 4) is 0 Å². The van der Waals surface area contributed by atoms with Crippen LogP contribution in [0.15, 0.2) is 54.9 Å². The topological polar surface area (TPSA) is 3.88 Å². The molecule has 1 heterocycles. The van der Waals surface area contributed by atoms with Crippen LogP contribution in [0.4, 0.5) is 0 Å². The normalized spacial score (nSPS) is 11.6. The van der Waals surface area contributed by atoms with Gasteiger partial charge in [-0.25, -0.2) is 0 Å². The molecule has 2 rings (SSSR count). The highest BCUT2D eigenvalue weighted by atomic mass is 79.9. The lowest BCUT2D eigenvalue weighted by atomic mass is 10.1. The Bertz CT molecular complexity index is 425. The van der Waals surface area contributed by atoms with Crippen LogP contribution in [-0.4, -0.2) is 0 Å². The predicted molar refractivity (Wildman–Crippen MR) is 64.9 cm³/mol. The predicted octanol–water partition coefficient (Wildman–Crippen LogP) is 0.228. The molecule has 84 valence electrons. The van der Waals surface area contributed by atoms with E-state index >= 15 is 0 Å². The minimum Gasteiger partial charge on any atom is -1.00 e. The second-order valence-electron chi connectivity index (χ2n) is 3.57. The van der Waals surface area contributed by atoms with Crippen molar-refractivity contribution >= 4 is 15.9 Å². The van der Waals surface area contributed by atoms with Gasteiger partial charge < -0.3 is 17.0 Å². The summed E-state index contributed by atoms with van der Waals surface area (Å²) < 4.78 is 2.13. The van der Waals surface area contributed by atoms with Crippen molar-refractivity contribution in [2.75, 3.05) is 0 Å². The van der Waals surface area contributed by atoms with E-state index in [1.165, 1.54) is 11.1 Å². The molecule has 0 radical (unpaired) electrons. The quantitative estimate of drug-likeness (QED) is 0.543. The maximum absolute atomic E-state index is 3.68.